The summed E-state index contributed by atoms with van der Waals surface area (Å²) in [6.45, 7) is 1.52. The van der Waals surface area contributed by atoms with Crippen molar-refractivity contribution in [2.24, 2.45) is 0 Å². The van der Waals surface area contributed by atoms with E-state index >= 15 is 0 Å². The van der Waals surface area contributed by atoms with Gasteiger partial charge in [-0.2, -0.15) is 0 Å². The molecule has 3 atom stereocenters. The molecule has 0 aliphatic carbocycles. The molecule has 0 fully saturated rings. The summed E-state index contributed by atoms with van der Waals surface area (Å²) >= 11 is 3.38. The van der Waals surface area contributed by atoms with Gasteiger partial charge in [0.25, 0.3) is 0 Å². The molecule has 0 aliphatic heterocycles. The molecule has 0 spiro atoms. The molecule has 7 heteroatoms. The normalized spacial score (nSPS) is 17.1. The number of hydrogen-bond donors (Lipinski definition) is 0. The monoisotopic (exact) mass is 249 g/mol. The van der Waals surface area contributed by atoms with Crippen LogP contribution in [0.15, 0.2) is 12.4 Å². The van der Waals surface area contributed by atoms with Crippen molar-refractivity contribution < 1.29 is 13.5 Å². The van der Waals surface area contributed by atoms with Crippen molar-refractivity contribution >= 4 is 22.7 Å². The molecule has 5 nitrogen and oxygen atoms in total. The van der Waals surface area contributed by atoms with Crippen LogP contribution in [0.4, 0.5) is 0 Å². The van der Waals surface area contributed by atoms with E-state index in [0.29, 0.717) is 10.8 Å². The van der Waals surface area contributed by atoms with Gasteiger partial charge in [0.2, 0.25) is 0 Å². The first-order valence-electron chi connectivity index (χ1n) is 4.14. The molecule has 84 valence electrons. The second-order valence-corrected chi connectivity index (χ2v) is 4.58. The topological polar surface area (TPSA) is 75.1 Å². The summed E-state index contributed by atoms with van der Waals surface area (Å²) in [4.78, 5) is 7.82. The third-order valence-electron chi connectivity index (χ3n) is 1.88. The average molecular weight is 250 g/mol. The smallest absolute Gasteiger partial charge is 0.158 e. The molecule has 0 saturated heterocycles. The van der Waals surface area contributed by atoms with E-state index in [4.69, 9.17) is 16.3 Å². The molecule has 1 rings (SSSR count). The molecule has 0 saturated carbocycles. The van der Waals surface area contributed by atoms with Gasteiger partial charge in [-0.3, -0.25) is 4.21 Å². The number of halogens is 1. The quantitative estimate of drug-likeness (QED) is 0.747. The lowest BCUT2D eigenvalue weighted by atomic mass is 10.2. The Balaban J connectivity index is 2.92. The van der Waals surface area contributed by atoms with Crippen LogP contribution in [-0.4, -0.2) is 31.1 Å². The Labute approximate surface area is 95.1 Å². The minimum absolute atomic E-state index is 0.304. The molecule has 0 aromatic carbocycles. The first kappa shape index (κ1) is 12.5. The van der Waals surface area contributed by atoms with Gasteiger partial charge in [0.05, 0.1) is 10.3 Å². The second kappa shape index (κ2) is 5.50. The fraction of sp³-hybridized carbons (Fsp3) is 0.500. The van der Waals surface area contributed by atoms with E-state index in [2.05, 4.69) is 9.97 Å². The van der Waals surface area contributed by atoms with Crippen LogP contribution < -0.4 is 0 Å². The Morgan fingerprint density at radius 2 is 2.07 bits per heavy atom. The number of methoxy groups -OCH3 is 1. The first-order valence-corrected chi connectivity index (χ1v) is 5.66. The molecule has 1 heterocycles. The lowest BCUT2D eigenvalue weighted by Gasteiger charge is -2.22. The minimum atomic E-state index is -2.23. The molecule has 1 aromatic heterocycles. The largest absolute Gasteiger partial charge is 0.772 e. The summed E-state index contributed by atoms with van der Waals surface area (Å²) < 4.78 is 26.6. The highest BCUT2D eigenvalue weighted by Gasteiger charge is 2.22. The molecule has 0 N–H and O–H groups in total. The zero-order chi connectivity index (χ0) is 11.4. The summed E-state index contributed by atoms with van der Waals surface area (Å²) in [5.41, 5.74) is 0. The van der Waals surface area contributed by atoms with E-state index in [9.17, 15) is 8.76 Å². The van der Waals surface area contributed by atoms with Crippen molar-refractivity contribution in [1.29, 1.82) is 0 Å². The fourth-order valence-corrected chi connectivity index (χ4v) is 1.61. The summed E-state index contributed by atoms with van der Waals surface area (Å²) in [5, 5.41) is -0.319. The molecule has 0 aliphatic rings. The van der Waals surface area contributed by atoms with Gasteiger partial charge < -0.3 is 9.29 Å². The zero-order valence-electron chi connectivity index (χ0n) is 8.21. The number of hydrogen-bond acceptors (Lipinski definition) is 5. The Morgan fingerprint density at radius 3 is 2.47 bits per heavy atom. The third-order valence-corrected chi connectivity index (χ3v) is 2.93. The van der Waals surface area contributed by atoms with Gasteiger partial charge in [-0.05, 0) is 18.0 Å². The number of nitrogens with zero attached hydrogens (tertiary/aromatic N) is 2. The van der Waals surface area contributed by atoms with Gasteiger partial charge in [-0.1, -0.05) is 11.6 Å². The highest BCUT2D eigenvalue weighted by Crippen LogP contribution is 2.20. The van der Waals surface area contributed by atoms with Crippen LogP contribution in [0.25, 0.3) is 0 Å². The van der Waals surface area contributed by atoms with Gasteiger partial charge in [-0.25, -0.2) is 9.97 Å². The van der Waals surface area contributed by atoms with E-state index in [-0.39, 0.29) is 0 Å². The van der Waals surface area contributed by atoms with Crippen molar-refractivity contribution in [2.75, 3.05) is 7.11 Å². The average Bonchev–Trinajstić information content (AvgIpc) is 2.21. The van der Waals surface area contributed by atoms with Crippen LogP contribution in [0.1, 0.15) is 18.9 Å². The maximum atomic E-state index is 10.8. The van der Waals surface area contributed by atoms with E-state index in [1.165, 1.54) is 26.4 Å². The van der Waals surface area contributed by atoms with E-state index in [0.717, 1.165) is 0 Å². The standard InChI is InChI=1S/C8H11ClN2O3S/c1-5(15(12)13)7(14-2)8-10-3-6(9)4-11-8/h3-5,7H,1-2H3,(H,12,13)/p-1/t5-,7-/m0/s1. The number of aromatic nitrogens is 2. The van der Waals surface area contributed by atoms with Crippen LogP contribution in [0.3, 0.4) is 0 Å². The van der Waals surface area contributed by atoms with Gasteiger partial charge >= 0.3 is 0 Å². The number of rotatable bonds is 4. The predicted molar refractivity (Wildman–Crippen MR) is 55.2 cm³/mol. The second-order valence-electron chi connectivity index (χ2n) is 2.88. The van der Waals surface area contributed by atoms with Crippen LogP contribution >= 0.6 is 11.6 Å². The van der Waals surface area contributed by atoms with E-state index < -0.39 is 22.4 Å². The lowest BCUT2D eigenvalue weighted by Crippen LogP contribution is -2.23. The highest BCUT2D eigenvalue weighted by molar-refractivity contribution is 7.79. The molecular weight excluding hydrogens is 240 g/mol. The van der Waals surface area contributed by atoms with E-state index in [1.54, 1.807) is 0 Å². The Kier molecular flexibility index (Phi) is 4.59. The van der Waals surface area contributed by atoms with Gasteiger partial charge in [0.1, 0.15) is 6.10 Å². The molecule has 1 aromatic rings. The Bertz CT molecular complexity index is 346. The number of ether oxygens (including phenoxy) is 1. The molecule has 0 amide bonds. The van der Waals surface area contributed by atoms with Crippen molar-refractivity contribution in [3.05, 3.63) is 23.2 Å². The van der Waals surface area contributed by atoms with Crippen molar-refractivity contribution in [1.82, 2.24) is 9.97 Å². The van der Waals surface area contributed by atoms with Crippen LogP contribution in [0.2, 0.25) is 5.02 Å². The van der Waals surface area contributed by atoms with Crippen molar-refractivity contribution in [3.8, 4) is 0 Å². The maximum absolute atomic E-state index is 10.8. The van der Waals surface area contributed by atoms with Gasteiger partial charge in [0, 0.05) is 19.5 Å². The third kappa shape index (κ3) is 3.20. The Hall–Kier alpha value is -0.560. The molecule has 15 heavy (non-hydrogen) atoms. The van der Waals surface area contributed by atoms with Crippen LogP contribution in [-0.2, 0) is 15.8 Å². The SMILES string of the molecule is CO[C@H](c1ncc(Cl)cn1)[C@H](C)S(=O)[O-]. The predicted octanol–water partition coefficient (Wildman–Crippen LogP) is 1.09. The van der Waals surface area contributed by atoms with Crippen LogP contribution in [0, 0.1) is 0 Å². The summed E-state index contributed by atoms with van der Waals surface area (Å²) in [7, 11) is 1.41. The van der Waals surface area contributed by atoms with Crippen molar-refractivity contribution in [2.45, 2.75) is 18.3 Å². The lowest BCUT2D eigenvalue weighted by molar-refractivity contribution is 0.0943. The zero-order valence-corrected chi connectivity index (χ0v) is 9.79. The van der Waals surface area contributed by atoms with Crippen molar-refractivity contribution in [3.63, 3.8) is 0 Å². The maximum Gasteiger partial charge on any atom is 0.158 e. The first-order chi connectivity index (χ1) is 7.06. The summed E-state index contributed by atoms with van der Waals surface area (Å²) in [6, 6.07) is 0. The molecule has 0 radical (unpaired) electrons. The Morgan fingerprint density at radius 1 is 1.53 bits per heavy atom. The molecular formula is C8H10ClN2O3S-. The molecule has 1 unspecified atom stereocenters. The van der Waals surface area contributed by atoms with Gasteiger partial charge in [-0.15, -0.1) is 0 Å². The minimum Gasteiger partial charge on any atom is -0.772 e. The fourth-order valence-electron chi connectivity index (χ4n) is 1.08. The van der Waals surface area contributed by atoms with E-state index in [1.807, 2.05) is 0 Å². The summed E-state index contributed by atoms with van der Waals surface area (Å²) in [5.74, 6) is 0.304. The highest BCUT2D eigenvalue weighted by atomic mass is 35.5. The molecule has 0 bridgehead atoms. The van der Waals surface area contributed by atoms with Crippen LogP contribution in [0.5, 0.6) is 0 Å². The van der Waals surface area contributed by atoms with Gasteiger partial charge in [0.15, 0.2) is 5.82 Å². The summed E-state index contributed by atoms with van der Waals surface area (Å²) in [6.07, 6.45) is 2.12.